The molecule has 0 aliphatic carbocycles. The molecule has 0 atom stereocenters. The van der Waals surface area contributed by atoms with Gasteiger partial charge in [-0.2, -0.15) is 0 Å². The fourth-order valence-corrected chi connectivity index (χ4v) is 1.24. The van der Waals surface area contributed by atoms with Crippen LogP contribution in [0.25, 0.3) is 0 Å². The minimum atomic E-state index is 0.00621. The molecule has 0 fully saturated rings. The number of hydrogen-bond acceptors (Lipinski definition) is 2. The summed E-state index contributed by atoms with van der Waals surface area (Å²) in [6.45, 7) is 5.74. The summed E-state index contributed by atoms with van der Waals surface area (Å²) in [5.41, 5.74) is 0.659. The average Bonchev–Trinajstić information content (AvgIpc) is 2.17. The van der Waals surface area contributed by atoms with Crippen molar-refractivity contribution in [2.45, 2.75) is 26.9 Å². The summed E-state index contributed by atoms with van der Waals surface area (Å²) >= 11 is 0. The first kappa shape index (κ1) is 11.5. The summed E-state index contributed by atoms with van der Waals surface area (Å²) in [5.74, 6) is 0.743. The Labute approximate surface area is 90.6 Å². The van der Waals surface area contributed by atoms with Crippen molar-refractivity contribution in [3.8, 4) is 5.75 Å². The minimum absolute atomic E-state index is 0.00621. The molecule has 0 amide bonds. The number of carbonyl (C=O) groups is 1. The molecule has 80 valence electrons. The molecule has 1 rings (SSSR count). The third-order valence-corrected chi connectivity index (χ3v) is 1.81. The summed E-state index contributed by atoms with van der Waals surface area (Å²) in [7, 11) is 0. The summed E-state index contributed by atoms with van der Waals surface area (Å²) in [6, 6.07) is 7.23. The first-order chi connectivity index (χ1) is 7.13. The van der Waals surface area contributed by atoms with Crippen molar-refractivity contribution in [3.05, 3.63) is 42.0 Å². The van der Waals surface area contributed by atoms with Gasteiger partial charge in [-0.05, 0) is 39.0 Å². The second-order valence-electron chi connectivity index (χ2n) is 3.56. The zero-order valence-corrected chi connectivity index (χ0v) is 9.36. The minimum Gasteiger partial charge on any atom is -0.491 e. The van der Waals surface area contributed by atoms with E-state index in [1.807, 2.05) is 32.9 Å². The second-order valence-corrected chi connectivity index (χ2v) is 3.56. The van der Waals surface area contributed by atoms with Gasteiger partial charge < -0.3 is 4.74 Å². The van der Waals surface area contributed by atoms with Crippen molar-refractivity contribution in [1.82, 2.24) is 0 Å². The Bertz CT molecular complexity index is 365. The monoisotopic (exact) mass is 204 g/mol. The highest BCUT2D eigenvalue weighted by atomic mass is 16.5. The number of rotatable bonds is 4. The van der Waals surface area contributed by atoms with Crippen LogP contribution in [0.2, 0.25) is 0 Å². The van der Waals surface area contributed by atoms with Crippen LogP contribution in [0.15, 0.2) is 36.4 Å². The van der Waals surface area contributed by atoms with Gasteiger partial charge in [0.2, 0.25) is 0 Å². The van der Waals surface area contributed by atoms with E-state index in [1.54, 1.807) is 24.3 Å². The molecule has 0 radical (unpaired) electrons. The molecule has 0 aliphatic heterocycles. The van der Waals surface area contributed by atoms with E-state index >= 15 is 0 Å². The fourth-order valence-electron chi connectivity index (χ4n) is 1.24. The van der Waals surface area contributed by atoms with Gasteiger partial charge in [0.15, 0.2) is 5.78 Å². The van der Waals surface area contributed by atoms with Crippen LogP contribution >= 0.6 is 0 Å². The molecule has 0 heterocycles. The number of hydrogen-bond donors (Lipinski definition) is 0. The Balaban J connectivity index is 2.87. The van der Waals surface area contributed by atoms with Gasteiger partial charge in [0.05, 0.1) is 6.10 Å². The number of ether oxygens (including phenoxy) is 1. The zero-order valence-electron chi connectivity index (χ0n) is 9.36. The number of carbonyl (C=O) groups excluding carboxylic acids is 1. The third kappa shape index (κ3) is 3.58. The van der Waals surface area contributed by atoms with E-state index in [-0.39, 0.29) is 11.9 Å². The summed E-state index contributed by atoms with van der Waals surface area (Å²) in [4.78, 5) is 11.5. The number of ketones is 1. The average molecular weight is 204 g/mol. The Morgan fingerprint density at radius 1 is 1.40 bits per heavy atom. The molecule has 1 aromatic carbocycles. The molecule has 0 saturated carbocycles. The molecule has 2 nitrogen and oxygen atoms in total. The smallest absolute Gasteiger partial charge is 0.185 e. The lowest BCUT2D eigenvalue weighted by Crippen LogP contribution is -2.06. The van der Waals surface area contributed by atoms with Crippen LogP contribution in [0, 0.1) is 0 Å². The number of allylic oxidation sites excluding steroid dienone is 2. The number of benzene rings is 1. The highest BCUT2D eigenvalue weighted by Crippen LogP contribution is 2.15. The van der Waals surface area contributed by atoms with Crippen molar-refractivity contribution in [2.75, 3.05) is 0 Å². The molecule has 1 aromatic rings. The van der Waals surface area contributed by atoms with Crippen LogP contribution in [0.5, 0.6) is 5.75 Å². The Morgan fingerprint density at radius 3 is 2.73 bits per heavy atom. The van der Waals surface area contributed by atoms with Gasteiger partial charge in [-0.25, -0.2) is 0 Å². The van der Waals surface area contributed by atoms with Crippen molar-refractivity contribution in [2.24, 2.45) is 0 Å². The molecule has 0 aliphatic rings. The van der Waals surface area contributed by atoms with E-state index in [2.05, 4.69) is 0 Å². The third-order valence-electron chi connectivity index (χ3n) is 1.81. The first-order valence-corrected chi connectivity index (χ1v) is 5.07. The Morgan fingerprint density at radius 2 is 2.13 bits per heavy atom. The maximum atomic E-state index is 11.5. The lowest BCUT2D eigenvalue weighted by molar-refractivity contribution is 0.104. The van der Waals surface area contributed by atoms with E-state index < -0.39 is 0 Å². The fraction of sp³-hybridized carbons (Fsp3) is 0.308. The van der Waals surface area contributed by atoms with Crippen molar-refractivity contribution < 1.29 is 9.53 Å². The lowest BCUT2D eigenvalue weighted by Gasteiger charge is -2.09. The molecule has 0 N–H and O–H groups in total. The SMILES string of the molecule is CC=CC(=O)c1cccc(OC(C)C)c1. The maximum Gasteiger partial charge on any atom is 0.185 e. The van der Waals surface area contributed by atoms with Gasteiger partial charge >= 0.3 is 0 Å². The van der Waals surface area contributed by atoms with Crippen LogP contribution in [-0.4, -0.2) is 11.9 Å². The normalized spacial score (nSPS) is 10.9. The molecule has 0 bridgehead atoms. The summed E-state index contributed by atoms with van der Waals surface area (Å²) in [5, 5.41) is 0. The zero-order chi connectivity index (χ0) is 11.3. The predicted molar refractivity (Wildman–Crippen MR) is 61.4 cm³/mol. The van der Waals surface area contributed by atoms with Gasteiger partial charge in [0.1, 0.15) is 5.75 Å². The van der Waals surface area contributed by atoms with E-state index in [1.165, 1.54) is 0 Å². The Kier molecular flexibility index (Phi) is 4.10. The predicted octanol–water partition coefficient (Wildman–Crippen LogP) is 3.23. The van der Waals surface area contributed by atoms with Crippen LogP contribution < -0.4 is 4.74 Å². The maximum absolute atomic E-state index is 11.5. The van der Waals surface area contributed by atoms with Crippen LogP contribution in [0.1, 0.15) is 31.1 Å². The van der Waals surface area contributed by atoms with E-state index in [9.17, 15) is 4.79 Å². The quantitative estimate of drug-likeness (QED) is 0.556. The van der Waals surface area contributed by atoms with Gasteiger partial charge in [0.25, 0.3) is 0 Å². The van der Waals surface area contributed by atoms with Crippen LogP contribution in [0.3, 0.4) is 0 Å². The molecule has 0 spiro atoms. The van der Waals surface area contributed by atoms with Gasteiger partial charge in [0, 0.05) is 5.56 Å². The largest absolute Gasteiger partial charge is 0.491 e. The molecule has 15 heavy (non-hydrogen) atoms. The highest BCUT2D eigenvalue weighted by molar-refractivity contribution is 6.04. The summed E-state index contributed by atoms with van der Waals surface area (Å²) in [6.07, 6.45) is 3.41. The van der Waals surface area contributed by atoms with Crippen LogP contribution in [-0.2, 0) is 0 Å². The first-order valence-electron chi connectivity index (χ1n) is 5.07. The van der Waals surface area contributed by atoms with Crippen molar-refractivity contribution >= 4 is 5.78 Å². The summed E-state index contributed by atoms with van der Waals surface area (Å²) < 4.78 is 5.51. The molecule has 2 heteroatoms. The molecule has 0 aromatic heterocycles. The Hall–Kier alpha value is -1.57. The van der Waals surface area contributed by atoms with Gasteiger partial charge in [-0.15, -0.1) is 0 Å². The molecular weight excluding hydrogens is 188 g/mol. The van der Waals surface area contributed by atoms with E-state index in [4.69, 9.17) is 4.74 Å². The van der Waals surface area contributed by atoms with Gasteiger partial charge in [-0.1, -0.05) is 18.2 Å². The molecule has 0 unspecified atom stereocenters. The second kappa shape index (κ2) is 5.35. The topological polar surface area (TPSA) is 26.3 Å². The van der Waals surface area contributed by atoms with Gasteiger partial charge in [-0.3, -0.25) is 4.79 Å². The van der Waals surface area contributed by atoms with Crippen molar-refractivity contribution in [1.29, 1.82) is 0 Å². The van der Waals surface area contributed by atoms with Crippen molar-refractivity contribution in [3.63, 3.8) is 0 Å². The standard InChI is InChI=1S/C13H16O2/c1-4-6-13(14)11-7-5-8-12(9-11)15-10(2)3/h4-10H,1-3H3. The lowest BCUT2D eigenvalue weighted by atomic mass is 10.1. The highest BCUT2D eigenvalue weighted by Gasteiger charge is 2.03. The molecular formula is C13H16O2. The van der Waals surface area contributed by atoms with E-state index in [0.29, 0.717) is 5.56 Å². The molecule has 0 saturated heterocycles. The van der Waals surface area contributed by atoms with Crippen LogP contribution in [0.4, 0.5) is 0 Å². The van der Waals surface area contributed by atoms with E-state index in [0.717, 1.165) is 5.75 Å².